The molecule has 0 aliphatic heterocycles. The molecule has 1 unspecified atom stereocenters. The van der Waals surface area contributed by atoms with Crippen molar-refractivity contribution in [3.8, 4) is 0 Å². The van der Waals surface area contributed by atoms with E-state index < -0.39 is 8.24 Å². The van der Waals surface area contributed by atoms with Gasteiger partial charge < -0.3 is 0 Å². The van der Waals surface area contributed by atoms with Crippen molar-refractivity contribution in [3.63, 3.8) is 0 Å². The van der Waals surface area contributed by atoms with Crippen LogP contribution in [0.1, 0.15) is 48.5 Å². The van der Waals surface area contributed by atoms with Crippen LogP contribution in [0.15, 0.2) is 21.9 Å². The Morgan fingerprint density at radius 3 is 1.89 bits per heavy atom. The second-order valence-corrected chi connectivity index (χ2v) is 15.4. The Hall–Kier alpha value is 0.293. The molecule has 0 fully saturated rings. The van der Waals surface area contributed by atoms with Gasteiger partial charge in [-0.3, -0.25) is 0 Å². The van der Waals surface area contributed by atoms with Crippen molar-refractivity contribution in [2.45, 2.75) is 76.5 Å². The van der Waals surface area contributed by atoms with E-state index in [1.165, 1.54) is 0 Å². The summed E-state index contributed by atoms with van der Waals surface area (Å²) in [6.07, 6.45) is 0. The van der Waals surface area contributed by atoms with Crippen molar-refractivity contribution in [1.29, 1.82) is 0 Å². The third kappa shape index (κ3) is 3.15. The van der Waals surface area contributed by atoms with Crippen LogP contribution in [0.5, 0.6) is 0 Å². The molecule has 1 nitrogen and oxygen atoms in total. The number of rotatable bonds is 3. The summed E-state index contributed by atoms with van der Waals surface area (Å²) < 4.78 is 0.422. The molecule has 19 heavy (non-hydrogen) atoms. The molecule has 1 rings (SSSR count). The van der Waals surface area contributed by atoms with Gasteiger partial charge in [0.25, 0.3) is 0 Å². The van der Waals surface area contributed by atoms with Gasteiger partial charge in [0.2, 0.25) is 0 Å². The zero-order valence-electron chi connectivity index (χ0n) is 14.6. The Labute approximate surface area is 129 Å². The van der Waals surface area contributed by atoms with Crippen molar-refractivity contribution >= 4 is 25.6 Å². The van der Waals surface area contributed by atoms with Gasteiger partial charge in [-0.15, -0.1) is 0 Å². The van der Waals surface area contributed by atoms with E-state index >= 15 is 0 Å². The van der Waals surface area contributed by atoms with E-state index in [0.717, 1.165) is 0 Å². The molecule has 107 valence electrons. The Bertz CT molecular complexity index is 440. The molecule has 0 spiro atoms. The molecule has 0 aromatic heterocycles. The first-order valence-electron chi connectivity index (χ1n) is 7.37. The standard InChI is InChI=1S/C15H28NSi.CH3.Ga/c1-10-11(2)13(4)14(12(10)3)17(8,9)16-15(5,6)7;;/h16H,1-9H3;1H3;. The molecule has 0 saturated heterocycles. The van der Waals surface area contributed by atoms with Gasteiger partial charge in [-0.05, 0) is 0 Å². The maximum absolute atomic E-state index is 3.98. The third-order valence-electron chi connectivity index (χ3n) is 4.69. The van der Waals surface area contributed by atoms with Gasteiger partial charge in [-0.1, -0.05) is 0 Å². The molecule has 0 amide bonds. The first kappa shape index (κ1) is 17.3. The van der Waals surface area contributed by atoms with Gasteiger partial charge >= 0.3 is 129 Å². The van der Waals surface area contributed by atoms with Crippen LogP contribution >= 0.6 is 0 Å². The minimum absolute atomic E-state index is 0.200. The zero-order chi connectivity index (χ0) is 15.2. The summed E-state index contributed by atoms with van der Waals surface area (Å²) in [5.41, 5.74) is 7.49. The van der Waals surface area contributed by atoms with Crippen LogP contribution in [-0.2, 0) is 0 Å². The van der Waals surface area contributed by atoms with Gasteiger partial charge in [-0.2, -0.15) is 0 Å². The molecule has 3 heteroatoms. The predicted molar refractivity (Wildman–Crippen MR) is 91.4 cm³/mol. The van der Waals surface area contributed by atoms with Gasteiger partial charge in [0.15, 0.2) is 0 Å². The summed E-state index contributed by atoms with van der Waals surface area (Å²) in [6, 6.07) is 0. The number of hydrogen-bond acceptors (Lipinski definition) is 1. The van der Waals surface area contributed by atoms with Crippen LogP contribution in [0.2, 0.25) is 22.5 Å². The molecule has 1 aliphatic carbocycles. The van der Waals surface area contributed by atoms with Crippen molar-refractivity contribution in [3.05, 3.63) is 21.9 Å². The first-order chi connectivity index (χ1) is 8.37. The van der Waals surface area contributed by atoms with Gasteiger partial charge in [0.05, 0.1) is 0 Å². The normalized spacial score (nSPS) is 25.4. The van der Waals surface area contributed by atoms with Crippen LogP contribution in [-0.4, -0.2) is 31.2 Å². The first-order valence-corrected chi connectivity index (χ1v) is 14.0. The topological polar surface area (TPSA) is 12.0 Å². The molecule has 0 bridgehead atoms. The van der Waals surface area contributed by atoms with Crippen molar-refractivity contribution in [1.82, 2.24) is 4.98 Å². The van der Waals surface area contributed by atoms with Crippen LogP contribution in [0.3, 0.4) is 0 Å². The molecule has 0 aromatic carbocycles. The number of hydrogen-bond donors (Lipinski definition) is 1. The summed E-state index contributed by atoms with van der Waals surface area (Å²) in [7, 11) is -1.58. The number of nitrogens with one attached hydrogen (secondary N) is 1. The van der Waals surface area contributed by atoms with Crippen LogP contribution in [0.25, 0.3) is 0 Å². The quantitative estimate of drug-likeness (QED) is 0.736. The van der Waals surface area contributed by atoms with Gasteiger partial charge in [-0.25, -0.2) is 0 Å². The Morgan fingerprint density at radius 1 is 1.05 bits per heavy atom. The molecule has 1 atom stereocenters. The van der Waals surface area contributed by atoms with E-state index in [1.54, 1.807) is 21.9 Å². The molecular formula is C16H31GaNSi. The van der Waals surface area contributed by atoms with Crippen molar-refractivity contribution < 1.29 is 0 Å². The monoisotopic (exact) mass is 334 g/mol. The summed E-state index contributed by atoms with van der Waals surface area (Å²) in [5.74, 6) is 0. The second-order valence-electron chi connectivity index (χ2n) is 7.74. The van der Waals surface area contributed by atoms with Crippen molar-refractivity contribution in [2.24, 2.45) is 0 Å². The summed E-state index contributed by atoms with van der Waals surface area (Å²) in [6.45, 7) is 21.4. The van der Waals surface area contributed by atoms with E-state index in [2.05, 4.69) is 72.0 Å². The molecule has 1 aliphatic rings. The Morgan fingerprint density at radius 2 is 1.53 bits per heavy atom. The van der Waals surface area contributed by atoms with E-state index in [-0.39, 0.29) is 22.9 Å². The second kappa shape index (κ2) is 5.25. The maximum atomic E-state index is 3.98. The van der Waals surface area contributed by atoms with E-state index in [0.29, 0.717) is 3.97 Å². The summed E-state index contributed by atoms with van der Waals surface area (Å²) >= 11 is -0.283. The SMILES string of the molecule is [CH3][Ga][C]1(C)C(C)=C(C)C(C)=C1[Si](C)(C)NC(C)(C)C. The van der Waals surface area contributed by atoms with Crippen molar-refractivity contribution in [2.75, 3.05) is 0 Å². The number of allylic oxidation sites excluding steroid dienone is 4. The molecule has 1 radical (unpaired) electrons. The third-order valence-corrected chi connectivity index (χ3v) is 12.8. The fourth-order valence-corrected chi connectivity index (χ4v) is 14.0. The summed E-state index contributed by atoms with van der Waals surface area (Å²) in [5, 5.41) is 1.78. The molecule has 1 N–H and O–H groups in total. The molecule has 0 heterocycles. The molecular weight excluding hydrogens is 304 g/mol. The zero-order valence-corrected chi connectivity index (χ0v) is 18.0. The van der Waals surface area contributed by atoms with E-state index in [4.69, 9.17) is 0 Å². The average Bonchev–Trinajstić information content (AvgIpc) is 2.38. The van der Waals surface area contributed by atoms with Crippen LogP contribution in [0.4, 0.5) is 0 Å². The van der Waals surface area contributed by atoms with E-state index in [1.807, 2.05) is 0 Å². The van der Waals surface area contributed by atoms with E-state index in [9.17, 15) is 0 Å². The van der Waals surface area contributed by atoms with Crippen LogP contribution < -0.4 is 4.98 Å². The Balaban J connectivity index is 3.34. The fraction of sp³-hybridized carbons (Fsp3) is 0.750. The fourth-order valence-electron chi connectivity index (χ4n) is 3.91. The van der Waals surface area contributed by atoms with Crippen LogP contribution in [0, 0.1) is 0 Å². The minimum atomic E-state index is -1.58. The van der Waals surface area contributed by atoms with Gasteiger partial charge in [0, 0.05) is 0 Å². The molecule has 0 aromatic rings. The van der Waals surface area contributed by atoms with Gasteiger partial charge in [0.1, 0.15) is 0 Å². The average molecular weight is 335 g/mol. The Kier molecular flexibility index (Phi) is 4.79. The summed E-state index contributed by atoms with van der Waals surface area (Å²) in [4.78, 5) is 3.98. The predicted octanol–water partition coefficient (Wildman–Crippen LogP) is 4.72. The molecule has 0 saturated carbocycles.